The molecule has 96 valence electrons. The van der Waals surface area contributed by atoms with E-state index in [1.54, 1.807) is 16.7 Å². The fourth-order valence-corrected chi connectivity index (χ4v) is 3.37. The van der Waals surface area contributed by atoms with E-state index in [9.17, 15) is 4.79 Å². The monoisotopic (exact) mass is 262 g/mol. The van der Waals surface area contributed by atoms with Crippen LogP contribution in [0.4, 0.5) is 0 Å². The third kappa shape index (κ3) is 2.75. The number of rotatable bonds is 3. The van der Waals surface area contributed by atoms with E-state index in [1.165, 1.54) is 5.56 Å². The second-order valence-electron chi connectivity index (χ2n) is 4.12. The van der Waals surface area contributed by atoms with E-state index in [0.717, 1.165) is 5.17 Å². The summed E-state index contributed by atoms with van der Waals surface area (Å²) < 4.78 is 0. The summed E-state index contributed by atoms with van der Waals surface area (Å²) >= 11 is 1.70. The molecule has 1 aliphatic heterocycles. The van der Waals surface area contributed by atoms with Gasteiger partial charge in [-0.05, 0) is 19.4 Å². The fraction of sp³-hybridized carbons (Fsp3) is 0.429. The number of amides is 1. The van der Waals surface area contributed by atoms with E-state index in [-0.39, 0.29) is 11.2 Å². The molecule has 3 nitrogen and oxygen atoms in total. The molecule has 0 bridgehead atoms. The molecular formula is C14H18N2OS. The van der Waals surface area contributed by atoms with E-state index in [1.807, 2.05) is 32.0 Å². The summed E-state index contributed by atoms with van der Waals surface area (Å²) in [6.45, 7) is 5.41. The largest absolute Gasteiger partial charge is 0.292 e. The first-order valence-electron chi connectivity index (χ1n) is 6.32. The molecule has 1 amide bonds. The Kier molecular flexibility index (Phi) is 4.42. The molecule has 0 radical (unpaired) electrons. The molecule has 0 aliphatic carbocycles. The molecule has 1 aromatic carbocycles. The van der Waals surface area contributed by atoms with Crippen molar-refractivity contribution in [2.75, 3.05) is 13.1 Å². The maximum atomic E-state index is 12.1. The van der Waals surface area contributed by atoms with Crippen LogP contribution in [0.1, 0.15) is 31.1 Å². The lowest BCUT2D eigenvalue weighted by molar-refractivity contribution is -0.127. The lowest BCUT2D eigenvalue weighted by Crippen LogP contribution is -2.39. The molecule has 1 unspecified atom stereocenters. The zero-order valence-corrected chi connectivity index (χ0v) is 11.6. The maximum absolute atomic E-state index is 12.1. The quantitative estimate of drug-likeness (QED) is 0.838. The number of nitrogens with zero attached hydrogens (tertiary/aromatic N) is 2. The van der Waals surface area contributed by atoms with Crippen LogP contribution in [0.25, 0.3) is 0 Å². The van der Waals surface area contributed by atoms with Crippen molar-refractivity contribution >= 4 is 22.8 Å². The average molecular weight is 262 g/mol. The van der Waals surface area contributed by atoms with Crippen LogP contribution in [-0.4, -0.2) is 29.1 Å². The first kappa shape index (κ1) is 13.1. The molecule has 1 aromatic rings. The Bertz CT molecular complexity index is 444. The summed E-state index contributed by atoms with van der Waals surface area (Å²) in [5.74, 6) is 0.178. The van der Waals surface area contributed by atoms with Crippen molar-refractivity contribution in [3.63, 3.8) is 0 Å². The standard InChI is InChI=1S/C14H18N2OS/c1-3-15-14-16(4-2)13(17)10-12(18-14)11-8-6-5-7-9-11/h5-9,12H,3-4,10H2,1-2H3. The minimum Gasteiger partial charge on any atom is -0.292 e. The number of thioether (sulfide) groups is 1. The lowest BCUT2D eigenvalue weighted by atomic mass is 10.1. The minimum absolute atomic E-state index is 0.178. The van der Waals surface area contributed by atoms with Gasteiger partial charge in [0.2, 0.25) is 5.91 Å². The van der Waals surface area contributed by atoms with Crippen LogP contribution in [0.2, 0.25) is 0 Å². The average Bonchev–Trinajstić information content (AvgIpc) is 2.40. The van der Waals surface area contributed by atoms with Crippen LogP contribution < -0.4 is 0 Å². The van der Waals surface area contributed by atoms with Crippen molar-refractivity contribution in [1.82, 2.24) is 4.90 Å². The number of benzene rings is 1. The van der Waals surface area contributed by atoms with E-state index in [4.69, 9.17) is 0 Å². The molecule has 4 heteroatoms. The molecule has 1 fully saturated rings. The Morgan fingerprint density at radius 2 is 2.06 bits per heavy atom. The van der Waals surface area contributed by atoms with Crippen LogP contribution in [0.15, 0.2) is 35.3 Å². The number of amidine groups is 1. The van der Waals surface area contributed by atoms with Gasteiger partial charge in [0.25, 0.3) is 0 Å². The lowest BCUT2D eigenvalue weighted by Gasteiger charge is -2.31. The van der Waals surface area contributed by atoms with Crippen molar-refractivity contribution in [3.05, 3.63) is 35.9 Å². The molecule has 0 spiro atoms. The van der Waals surface area contributed by atoms with Crippen molar-refractivity contribution in [1.29, 1.82) is 0 Å². The Morgan fingerprint density at radius 1 is 1.33 bits per heavy atom. The summed E-state index contributed by atoms with van der Waals surface area (Å²) in [6.07, 6.45) is 0.561. The fourth-order valence-electron chi connectivity index (χ4n) is 2.03. The van der Waals surface area contributed by atoms with Gasteiger partial charge in [-0.1, -0.05) is 42.1 Å². The van der Waals surface area contributed by atoms with Gasteiger partial charge in [-0.2, -0.15) is 0 Å². The second-order valence-corrected chi connectivity index (χ2v) is 5.29. The maximum Gasteiger partial charge on any atom is 0.229 e. The molecule has 0 aromatic heterocycles. The minimum atomic E-state index is 0.178. The molecule has 2 rings (SSSR count). The smallest absolute Gasteiger partial charge is 0.229 e. The molecule has 0 N–H and O–H groups in total. The van der Waals surface area contributed by atoms with Crippen molar-refractivity contribution in [3.8, 4) is 0 Å². The first-order valence-corrected chi connectivity index (χ1v) is 7.20. The molecule has 1 saturated heterocycles. The van der Waals surface area contributed by atoms with Crippen molar-refractivity contribution in [2.45, 2.75) is 25.5 Å². The second kappa shape index (κ2) is 6.05. The summed E-state index contributed by atoms with van der Waals surface area (Å²) in [5.41, 5.74) is 1.20. The summed E-state index contributed by atoms with van der Waals surface area (Å²) in [4.78, 5) is 18.4. The highest BCUT2D eigenvalue weighted by Crippen LogP contribution is 2.38. The number of hydrogen-bond donors (Lipinski definition) is 0. The topological polar surface area (TPSA) is 32.7 Å². The molecule has 1 aliphatic rings. The first-order chi connectivity index (χ1) is 8.76. The highest BCUT2D eigenvalue weighted by Gasteiger charge is 2.31. The van der Waals surface area contributed by atoms with E-state index < -0.39 is 0 Å². The Morgan fingerprint density at radius 3 is 2.67 bits per heavy atom. The highest BCUT2D eigenvalue weighted by molar-refractivity contribution is 8.14. The molecule has 1 atom stereocenters. The third-order valence-corrected chi connectivity index (χ3v) is 4.20. The van der Waals surface area contributed by atoms with Gasteiger partial charge in [-0.25, -0.2) is 0 Å². The number of carbonyl (C=O) groups excluding carboxylic acids is 1. The van der Waals surface area contributed by atoms with Gasteiger partial charge in [0, 0.05) is 24.8 Å². The molecule has 1 heterocycles. The van der Waals surface area contributed by atoms with Gasteiger partial charge in [0.15, 0.2) is 5.17 Å². The summed E-state index contributed by atoms with van der Waals surface area (Å²) in [6, 6.07) is 10.2. The van der Waals surface area contributed by atoms with Gasteiger partial charge in [-0.3, -0.25) is 14.7 Å². The van der Waals surface area contributed by atoms with Crippen molar-refractivity contribution < 1.29 is 4.79 Å². The van der Waals surface area contributed by atoms with Crippen LogP contribution in [-0.2, 0) is 4.79 Å². The number of carbonyl (C=O) groups is 1. The van der Waals surface area contributed by atoms with Crippen molar-refractivity contribution in [2.24, 2.45) is 4.99 Å². The summed E-state index contributed by atoms with van der Waals surface area (Å²) in [7, 11) is 0. The Labute approximate surface area is 112 Å². The van der Waals surface area contributed by atoms with Gasteiger partial charge in [0.05, 0.1) is 0 Å². The molecule has 18 heavy (non-hydrogen) atoms. The van der Waals surface area contributed by atoms with E-state index in [2.05, 4.69) is 17.1 Å². The van der Waals surface area contributed by atoms with E-state index in [0.29, 0.717) is 19.5 Å². The van der Waals surface area contributed by atoms with Gasteiger partial charge >= 0.3 is 0 Å². The predicted molar refractivity (Wildman–Crippen MR) is 76.8 cm³/mol. The molecule has 0 saturated carbocycles. The van der Waals surface area contributed by atoms with Gasteiger partial charge < -0.3 is 0 Å². The van der Waals surface area contributed by atoms with Crippen LogP contribution >= 0.6 is 11.8 Å². The third-order valence-electron chi connectivity index (χ3n) is 2.92. The number of hydrogen-bond acceptors (Lipinski definition) is 3. The zero-order chi connectivity index (χ0) is 13.0. The van der Waals surface area contributed by atoms with E-state index >= 15 is 0 Å². The highest BCUT2D eigenvalue weighted by atomic mass is 32.2. The normalized spacial score (nSPS) is 22.6. The SMILES string of the molecule is CCN=C1SC(c2ccccc2)CC(=O)N1CC. The van der Waals surface area contributed by atoms with Gasteiger partial charge in [0.1, 0.15) is 0 Å². The van der Waals surface area contributed by atoms with Crippen LogP contribution in [0.3, 0.4) is 0 Å². The number of aliphatic imine (C=N–C) groups is 1. The summed E-state index contributed by atoms with van der Waals surface area (Å²) in [5, 5.41) is 1.07. The zero-order valence-electron chi connectivity index (χ0n) is 10.8. The predicted octanol–water partition coefficient (Wildman–Crippen LogP) is 3.09. The Hall–Kier alpha value is -1.29. The van der Waals surface area contributed by atoms with Crippen LogP contribution in [0, 0.1) is 0 Å². The van der Waals surface area contributed by atoms with Crippen LogP contribution in [0.5, 0.6) is 0 Å². The van der Waals surface area contributed by atoms with Gasteiger partial charge in [-0.15, -0.1) is 0 Å². The Balaban J connectivity index is 2.23. The molecular weight excluding hydrogens is 244 g/mol.